The number of nitrogens with zero attached hydrogens (tertiary/aromatic N) is 1. The Kier molecular flexibility index (Phi) is 5.79. The van der Waals surface area contributed by atoms with E-state index >= 15 is 0 Å². The SMILES string of the molecule is C=C=C(C(=O)N(c1ccccc1F)C(C)C)C1CCCCC1C. The van der Waals surface area contributed by atoms with E-state index in [1.54, 1.807) is 18.2 Å². The molecule has 1 aliphatic carbocycles. The largest absolute Gasteiger partial charge is 0.303 e. The summed E-state index contributed by atoms with van der Waals surface area (Å²) in [6.45, 7) is 9.72. The summed E-state index contributed by atoms with van der Waals surface area (Å²) in [7, 11) is 0. The van der Waals surface area contributed by atoms with Crippen LogP contribution in [0.25, 0.3) is 0 Å². The number of carbonyl (C=O) groups is 1. The average molecular weight is 315 g/mol. The van der Waals surface area contributed by atoms with E-state index in [1.165, 1.54) is 17.4 Å². The van der Waals surface area contributed by atoms with Crippen molar-refractivity contribution in [1.29, 1.82) is 0 Å². The minimum absolute atomic E-state index is 0.137. The van der Waals surface area contributed by atoms with Crippen LogP contribution in [0.5, 0.6) is 0 Å². The van der Waals surface area contributed by atoms with Gasteiger partial charge in [-0.25, -0.2) is 4.39 Å². The third kappa shape index (κ3) is 3.73. The Morgan fingerprint density at radius 1 is 1.30 bits per heavy atom. The van der Waals surface area contributed by atoms with E-state index in [0.717, 1.165) is 19.3 Å². The lowest BCUT2D eigenvalue weighted by Gasteiger charge is -2.33. The van der Waals surface area contributed by atoms with Gasteiger partial charge < -0.3 is 4.90 Å². The van der Waals surface area contributed by atoms with Crippen molar-refractivity contribution in [2.24, 2.45) is 11.8 Å². The first-order chi connectivity index (χ1) is 11.0. The van der Waals surface area contributed by atoms with E-state index in [1.807, 2.05) is 13.8 Å². The van der Waals surface area contributed by atoms with Crippen LogP contribution >= 0.6 is 0 Å². The van der Waals surface area contributed by atoms with Gasteiger partial charge in [0.15, 0.2) is 0 Å². The molecule has 0 N–H and O–H groups in total. The summed E-state index contributed by atoms with van der Waals surface area (Å²) >= 11 is 0. The van der Waals surface area contributed by atoms with Crippen molar-refractivity contribution in [2.75, 3.05) is 4.90 Å². The fourth-order valence-electron chi connectivity index (χ4n) is 3.51. The number of amides is 1. The summed E-state index contributed by atoms with van der Waals surface area (Å²) < 4.78 is 14.2. The topological polar surface area (TPSA) is 20.3 Å². The van der Waals surface area contributed by atoms with E-state index in [4.69, 9.17) is 0 Å². The fourth-order valence-corrected chi connectivity index (χ4v) is 3.51. The van der Waals surface area contributed by atoms with Gasteiger partial charge in [0.25, 0.3) is 5.91 Å². The van der Waals surface area contributed by atoms with Gasteiger partial charge in [0, 0.05) is 6.04 Å². The third-order valence-corrected chi connectivity index (χ3v) is 4.75. The van der Waals surface area contributed by atoms with Crippen molar-refractivity contribution < 1.29 is 9.18 Å². The molecule has 124 valence electrons. The molecule has 2 unspecified atom stereocenters. The van der Waals surface area contributed by atoms with Gasteiger partial charge in [-0.05, 0) is 44.2 Å². The highest BCUT2D eigenvalue weighted by molar-refractivity contribution is 6.06. The van der Waals surface area contributed by atoms with Crippen LogP contribution in [-0.4, -0.2) is 11.9 Å². The Morgan fingerprint density at radius 3 is 2.52 bits per heavy atom. The molecular formula is C20H26FNO. The fraction of sp³-hybridized carbons (Fsp3) is 0.500. The zero-order valence-corrected chi connectivity index (χ0v) is 14.3. The van der Waals surface area contributed by atoms with Gasteiger partial charge in [-0.3, -0.25) is 4.79 Å². The number of carbonyl (C=O) groups excluding carboxylic acids is 1. The lowest BCUT2D eigenvalue weighted by molar-refractivity contribution is -0.116. The molecule has 0 spiro atoms. The highest BCUT2D eigenvalue weighted by atomic mass is 19.1. The van der Waals surface area contributed by atoms with E-state index in [9.17, 15) is 9.18 Å². The van der Waals surface area contributed by atoms with Crippen LogP contribution in [0, 0.1) is 17.7 Å². The number of anilines is 1. The molecule has 0 saturated heterocycles. The predicted molar refractivity (Wildman–Crippen MR) is 92.8 cm³/mol. The highest BCUT2D eigenvalue weighted by Gasteiger charge is 2.33. The Morgan fingerprint density at radius 2 is 1.96 bits per heavy atom. The van der Waals surface area contributed by atoms with Crippen molar-refractivity contribution in [3.8, 4) is 0 Å². The van der Waals surface area contributed by atoms with Crippen LogP contribution in [0.1, 0.15) is 46.5 Å². The number of hydrogen-bond acceptors (Lipinski definition) is 1. The number of halogens is 1. The van der Waals surface area contributed by atoms with Gasteiger partial charge in [0.05, 0.1) is 11.3 Å². The smallest absolute Gasteiger partial charge is 0.262 e. The van der Waals surface area contributed by atoms with Crippen LogP contribution in [0.2, 0.25) is 0 Å². The molecule has 1 fully saturated rings. The van der Waals surface area contributed by atoms with Gasteiger partial charge >= 0.3 is 0 Å². The predicted octanol–water partition coefficient (Wildman–Crippen LogP) is 5.10. The molecule has 0 bridgehead atoms. The lowest BCUT2D eigenvalue weighted by atomic mass is 9.76. The standard InChI is InChI=1S/C20H26FNO/c1-5-16(17-11-7-6-10-15(17)4)20(23)22(14(2)3)19-13-9-8-12-18(19)21/h8-9,12-15,17H,1,6-7,10-11H2,2-4H3. The summed E-state index contributed by atoms with van der Waals surface area (Å²) in [4.78, 5) is 14.7. The maximum absolute atomic E-state index is 14.2. The number of benzene rings is 1. The molecule has 3 heteroatoms. The summed E-state index contributed by atoms with van der Waals surface area (Å²) in [6.07, 6.45) is 4.42. The molecule has 1 aliphatic rings. The third-order valence-electron chi connectivity index (χ3n) is 4.75. The molecule has 1 aromatic rings. The summed E-state index contributed by atoms with van der Waals surface area (Å²) in [5.41, 5.74) is 3.81. The first-order valence-corrected chi connectivity index (χ1v) is 8.45. The van der Waals surface area contributed by atoms with Crippen LogP contribution in [-0.2, 0) is 4.79 Å². The molecule has 2 atom stereocenters. The van der Waals surface area contributed by atoms with Gasteiger partial charge in [0.2, 0.25) is 0 Å². The van der Waals surface area contributed by atoms with Gasteiger partial charge in [-0.2, -0.15) is 0 Å². The van der Waals surface area contributed by atoms with E-state index in [0.29, 0.717) is 17.2 Å². The molecule has 1 saturated carbocycles. The van der Waals surface area contributed by atoms with E-state index in [2.05, 4.69) is 19.2 Å². The van der Waals surface area contributed by atoms with Gasteiger partial charge in [0.1, 0.15) is 5.82 Å². The average Bonchev–Trinajstić information content (AvgIpc) is 2.52. The Bertz CT molecular complexity index is 616. The number of hydrogen-bond donors (Lipinski definition) is 0. The van der Waals surface area contributed by atoms with Crippen LogP contribution in [0.4, 0.5) is 10.1 Å². The Hall–Kier alpha value is -1.86. The molecule has 1 amide bonds. The maximum atomic E-state index is 14.2. The second-order valence-corrected chi connectivity index (χ2v) is 6.68. The monoisotopic (exact) mass is 315 g/mol. The quantitative estimate of drug-likeness (QED) is 0.559. The van der Waals surface area contributed by atoms with Crippen LogP contribution in [0.15, 0.2) is 42.1 Å². The molecule has 23 heavy (non-hydrogen) atoms. The molecule has 2 rings (SSSR count). The Balaban J connectivity index is 2.37. The molecule has 0 aromatic heterocycles. The minimum atomic E-state index is -0.380. The first-order valence-electron chi connectivity index (χ1n) is 8.45. The normalized spacial score (nSPS) is 20.9. The zero-order valence-electron chi connectivity index (χ0n) is 14.3. The van der Waals surface area contributed by atoms with Gasteiger partial charge in [-0.1, -0.05) is 44.9 Å². The second-order valence-electron chi connectivity index (χ2n) is 6.68. The first kappa shape index (κ1) is 17.5. The van der Waals surface area contributed by atoms with E-state index < -0.39 is 0 Å². The zero-order chi connectivity index (χ0) is 17.0. The molecular weight excluding hydrogens is 289 g/mol. The van der Waals surface area contributed by atoms with Gasteiger partial charge in [-0.15, -0.1) is 5.73 Å². The van der Waals surface area contributed by atoms with Crippen LogP contribution < -0.4 is 4.90 Å². The number of rotatable bonds is 4. The molecule has 0 radical (unpaired) electrons. The maximum Gasteiger partial charge on any atom is 0.262 e. The number of para-hydroxylation sites is 1. The Labute approximate surface area is 138 Å². The molecule has 2 nitrogen and oxygen atoms in total. The molecule has 1 aromatic carbocycles. The van der Waals surface area contributed by atoms with Crippen molar-refractivity contribution in [3.05, 3.63) is 48.0 Å². The summed E-state index contributed by atoms with van der Waals surface area (Å²) in [5.74, 6) is 0.0573. The van der Waals surface area contributed by atoms with Crippen molar-refractivity contribution in [3.63, 3.8) is 0 Å². The van der Waals surface area contributed by atoms with Crippen molar-refractivity contribution in [2.45, 2.75) is 52.5 Å². The van der Waals surface area contributed by atoms with Crippen molar-refractivity contribution >= 4 is 11.6 Å². The highest BCUT2D eigenvalue weighted by Crippen LogP contribution is 2.36. The second kappa shape index (κ2) is 7.61. The van der Waals surface area contributed by atoms with Crippen LogP contribution in [0.3, 0.4) is 0 Å². The summed E-state index contributed by atoms with van der Waals surface area (Å²) in [6, 6.07) is 6.29. The van der Waals surface area contributed by atoms with E-state index in [-0.39, 0.29) is 23.7 Å². The minimum Gasteiger partial charge on any atom is -0.303 e. The molecule has 0 aliphatic heterocycles. The molecule has 0 heterocycles. The summed E-state index contributed by atoms with van der Waals surface area (Å²) in [5, 5.41) is 0. The van der Waals surface area contributed by atoms with Crippen molar-refractivity contribution in [1.82, 2.24) is 0 Å². The lowest BCUT2D eigenvalue weighted by Crippen LogP contribution is -2.41.